The number of piperazine rings is 1. The molecule has 0 N–H and O–H groups in total. The third kappa shape index (κ3) is 3.60. The molecule has 1 fully saturated rings. The molecule has 0 saturated carbocycles. The predicted octanol–water partition coefficient (Wildman–Crippen LogP) is 2.65. The Kier molecular flexibility index (Phi) is 5.40. The van der Waals surface area contributed by atoms with Gasteiger partial charge in [-0.3, -0.25) is 9.36 Å². The maximum absolute atomic E-state index is 12.9. The summed E-state index contributed by atoms with van der Waals surface area (Å²) in [7, 11) is 3.25. The topological polar surface area (TPSA) is 74.4 Å². The average molecular weight is 401 g/mol. The van der Waals surface area contributed by atoms with Gasteiger partial charge in [-0.15, -0.1) is 0 Å². The number of rotatable bonds is 4. The molecule has 0 unspecified atom stereocenters. The highest BCUT2D eigenvalue weighted by Crippen LogP contribution is 2.26. The second-order valence-corrected chi connectivity index (χ2v) is 7.15. The smallest absolute Gasteiger partial charge is 0.273 e. The molecule has 30 heavy (non-hydrogen) atoms. The first-order valence-corrected chi connectivity index (χ1v) is 9.83. The Morgan fingerprint density at radius 2 is 1.70 bits per heavy atom. The maximum atomic E-state index is 12.9. The Morgan fingerprint density at radius 3 is 2.37 bits per heavy atom. The largest absolute Gasteiger partial charge is 0.497 e. The highest BCUT2D eigenvalue weighted by molar-refractivity contribution is 5.69. The summed E-state index contributed by atoms with van der Waals surface area (Å²) in [5.41, 5.74) is 1.96. The van der Waals surface area contributed by atoms with Gasteiger partial charge in [0.1, 0.15) is 17.4 Å². The lowest BCUT2D eigenvalue weighted by Gasteiger charge is -2.37. The van der Waals surface area contributed by atoms with Gasteiger partial charge in [-0.05, 0) is 24.3 Å². The van der Waals surface area contributed by atoms with Crippen LogP contribution >= 0.6 is 0 Å². The first-order chi connectivity index (χ1) is 14.6. The van der Waals surface area contributed by atoms with Crippen LogP contribution in [0.2, 0.25) is 0 Å². The molecule has 7 nitrogen and oxygen atoms in total. The van der Waals surface area contributed by atoms with Crippen LogP contribution in [0.5, 0.6) is 5.75 Å². The fourth-order valence-electron chi connectivity index (χ4n) is 3.76. The van der Waals surface area contributed by atoms with E-state index in [9.17, 15) is 10.1 Å². The van der Waals surface area contributed by atoms with Crippen LogP contribution in [0, 0.1) is 11.3 Å². The molecule has 152 valence electrons. The lowest BCUT2D eigenvalue weighted by molar-refractivity contribution is 0.415. The van der Waals surface area contributed by atoms with Crippen molar-refractivity contribution in [2.24, 2.45) is 7.05 Å². The normalized spacial score (nSPS) is 13.8. The summed E-state index contributed by atoms with van der Waals surface area (Å²) in [5.74, 6) is 1.22. The van der Waals surface area contributed by atoms with Crippen LogP contribution in [0.4, 0.5) is 11.6 Å². The van der Waals surface area contributed by atoms with Gasteiger partial charge in [-0.25, -0.2) is 4.98 Å². The lowest BCUT2D eigenvalue weighted by atomic mass is 10.1. The Bertz CT molecular complexity index is 1140. The molecular formula is C23H23N5O2. The molecule has 1 aromatic heterocycles. The summed E-state index contributed by atoms with van der Waals surface area (Å²) in [6.45, 7) is 3.13. The summed E-state index contributed by atoms with van der Waals surface area (Å²) < 4.78 is 6.77. The maximum Gasteiger partial charge on any atom is 0.273 e. The van der Waals surface area contributed by atoms with Crippen LogP contribution in [0.25, 0.3) is 11.3 Å². The van der Waals surface area contributed by atoms with Crippen LogP contribution in [-0.4, -0.2) is 42.8 Å². The Labute approximate surface area is 175 Å². The van der Waals surface area contributed by atoms with Crippen LogP contribution in [0.3, 0.4) is 0 Å². The molecule has 1 saturated heterocycles. The zero-order valence-corrected chi connectivity index (χ0v) is 17.1. The average Bonchev–Trinajstić information content (AvgIpc) is 2.81. The van der Waals surface area contributed by atoms with Crippen molar-refractivity contribution in [1.82, 2.24) is 9.55 Å². The first kappa shape index (κ1) is 19.5. The molecule has 0 amide bonds. The molecule has 2 heterocycles. The van der Waals surface area contributed by atoms with E-state index >= 15 is 0 Å². The number of nitriles is 1. The van der Waals surface area contributed by atoms with Gasteiger partial charge in [0.15, 0.2) is 0 Å². The standard InChI is InChI=1S/C23H23N5O2/c1-26-22(29)20(16-24)21(17-7-6-10-19(15-17)30-2)25-23(26)28-13-11-27(12-14-28)18-8-4-3-5-9-18/h3-10,15H,11-14H2,1-2H3. The molecule has 0 atom stereocenters. The number of para-hydroxylation sites is 1. The summed E-state index contributed by atoms with van der Waals surface area (Å²) in [5, 5.41) is 9.62. The Hall–Kier alpha value is -3.79. The summed E-state index contributed by atoms with van der Waals surface area (Å²) in [4.78, 5) is 22.1. The highest BCUT2D eigenvalue weighted by Gasteiger charge is 2.23. The molecule has 4 rings (SSSR count). The zero-order valence-electron chi connectivity index (χ0n) is 17.1. The number of methoxy groups -OCH3 is 1. The minimum atomic E-state index is -0.342. The molecule has 1 aliphatic heterocycles. The van der Waals surface area contributed by atoms with Crippen molar-refractivity contribution >= 4 is 11.6 Å². The molecule has 0 spiro atoms. The second-order valence-electron chi connectivity index (χ2n) is 7.15. The van der Waals surface area contributed by atoms with Crippen LogP contribution in [0.15, 0.2) is 59.4 Å². The highest BCUT2D eigenvalue weighted by atomic mass is 16.5. The van der Waals surface area contributed by atoms with Crippen LogP contribution in [0.1, 0.15) is 5.56 Å². The summed E-state index contributed by atoms with van der Waals surface area (Å²) in [6.07, 6.45) is 0. The van der Waals surface area contributed by atoms with Crippen molar-refractivity contribution in [2.45, 2.75) is 0 Å². The molecule has 7 heteroatoms. The zero-order chi connectivity index (χ0) is 21.1. The van der Waals surface area contributed by atoms with Crippen molar-refractivity contribution in [2.75, 3.05) is 43.1 Å². The van der Waals surface area contributed by atoms with Gasteiger partial charge in [0.25, 0.3) is 5.56 Å². The minimum absolute atomic E-state index is 0.0393. The lowest BCUT2D eigenvalue weighted by Crippen LogP contribution is -2.48. The van der Waals surface area contributed by atoms with Crippen molar-refractivity contribution in [3.63, 3.8) is 0 Å². The Morgan fingerprint density at radius 1 is 1.00 bits per heavy atom. The summed E-state index contributed by atoms with van der Waals surface area (Å²) >= 11 is 0. The molecule has 0 radical (unpaired) electrons. The number of ether oxygens (including phenoxy) is 1. The van der Waals surface area contributed by atoms with Gasteiger partial charge in [-0.2, -0.15) is 5.26 Å². The van der Waals surface area contributed by atoms with Gasteiger partial charge in [0, 0.05) is 44.5 Å². The fraction of sp³-hybridized carbons (Fsp3) is 0.261. The van der Waals surface area contributed by atoms with E-state index in [-0.39, 0.29) is 11.1 Å². The fourth-order valence-corrected chi connectivity index (χ4v) is 3.76. The third-order valence-electron chi connectivity index (χ3n) is 5.41. The molecule has 0 bridgehead atoms. The van der Waals surface area contributed by atoms with E-state index < -0.39 is 0 Å². The molecule has 1 aliphatic rings. The van der Waals surface area contributed by atoms with E-state index in [0.29, 0.717) is 23.0 Å². The van der Waals surface area contributed by atoms with E-state index in [1.165, 1.54) is 10.3 Å². The second kappa shape index (κ2) is 8.29. The van der Waals surface area contributed by atoms with E-state index in [0.717, 1.165) is 26.2 Å². The van der Waals surface area contributed by atoms with Gasteiger partial charge >= 0.3 is 0 Å². The van der Waals surface area contributed by atoms with Gasteiger partial charge in [-0.1, -0.05) is 30.3 Å². The van der Waals surface area contributed by atoms with Crippen molar-refractivity contribution < 1.29 is 4.74 Å². The molecular weight excluding hydrogens is 378 g/mol. The number of benzene rings is 2. The van der Waals surface area contributed by atoms with Gasteiger partial charge in [0.05, 0.1) is 12.8 Å². The van der Waals surface area contributed by atoms with Crippen molar-refractivity contribution in [3.8, 4) is 23.1 Å². The number of hydrogen-bond donors (Lipinski definition) is 0. The SMILES string of the molecule is COc1cccc(-c2nc(N3CCN(c4ccccc4)CC3)n(C)c(=O)c2C#N)c1. The number of hydrogen-bond acceptors (Lipinski definition) is 6. The van der Waals surface area contributed by atoms with Crippen LogP contribution < -0.4 is 20.1 Å². The van der Waals surface area contributed by atoms with Crippen molar-refractivity contribution in [3.05, 3.63) is 70.5 Å². The van der Waals surface area contributed by atoms with Gasteiger partial charge < -0.3 is 14.5 Å². The van der Waals surface area contributed by atoms with E-state index in [2.05, 4.69) is 21.9 Å². The predicted molar refractivity (Wildman–Crippen MR) is 117 cm³/mol. The van der Waals surface area contributed by atoms with Crippen molar-refractivity contribution in [1.29, 1.82) is 5.26 Å². The minimum Gasteiger partial charge on any atom is -0.497 e. The number of nitrogens with zero attached hydrogens (tertiary/aromatic N) is 5. The first-order valence-electron chi connectivity index (χ1n) is 9.83. The summed E-state index contributed by atoms with van der Waals surface area (Å²) in [6, 6.07) is 19.6. The Balaban J connectivity index is 1.68. The number of anilines is 2. The molecule has 2 aromatic carbocycles. The number of aromatic nitrogens is 2. The van der Waals surface area contributed by atoms with E-state index in [4.69, 9.17) is 9.72 Å². The monoisotopic (exact) mass is 401 g/mol. The molecule has 3 aromatic rings. The molecule has 0 aliphatic carbocycles. The van der Waals surface area contributed by atoms with E-state index in [1.54, 1.807) is 20.2 Å². The van der Waals surface area contributed by atoms with Crippen LogP contribution in [-0.2, 0) is 7.05 Å². The third-order valence-corrected chi connectivity index (χ3v) is 5.41. The van der Waals surface area contributed by atoms with E-state index in [1.807, 2.05) is 42.5 Å². The quantitative estimate of drug-likeness (QED) is 0.669. The van der Waals surface area contributed by atoms with Gasteiger partial charge in [0.2, 0.25) is 5.95 Å².